The van der Waals surface area contributed by atoms with Gasteiger partial charge in [0.1, 0.15) is 11.6 Å². The van der Waals surface area contributed by atoms with Crippen LogP contribution in [0.15, 0.2) is 52.1 Å². The molecule has 0 aliphatic carbocycles. The van der Waals surface area contributed by atoms with Crippen molar-refractivity contribution in [3.63, 3.8) is 0 Å². The number of nitrogens with zero attached hydrogens (tertiary/aromatic N) is 3. The van der Waals surface area contributed by atoms with E-state index in [1.54, 1.807) is 18.7 Å². The summed E-state index contributed by atoms with van der Waals surface area (Å²) in [7, 11) is 0. The van der Waals surface area contributed by atoms with Gasteiger partial charge in [-0.05, 0) is 24.3 Å². The number of fused-ring (bicyclic) bond motifs is 1. The summed E-state index contributed by atoms with van der Waals surface area (Å²) in [6.45, 7) is 2.16. The van der Waals surface area contributed by atoms with Crippen molar-refractivity contribution in [2.75, 3.05) is 6.54 Å². The lowest BCUT2D eigenvalue weighted by atomic mass is 10.1. The third-order valence-corrected chi connectivity index (χ3v) is 4.06. The summed E-state index contributed by atoms with van der Waals surface area (Å²) in [5, 5.41) is 0. The van der Waals surface area contributed by atoms with Crippen LogP contribution in [0.5, 0.6) is 0 Å². The predicted molar refractivity (Wildman–Crippen MR) is 84.6 cm³/mol. The van der Waals surface area contributed by atoms with Crippen LogP contribution in [-0.2, 0) is 19.5 Å². The fraction of sp³-hybridized carbons (Fsp3) is 0.235. The third kappa shape index (κ3) is 2.80. The zero-order valence-electron chi connectivity index (χ0n) is 12.5. The molecule has 0 atom stereocenters. The van der Waals surface area contributed by atoms with Crippen LogP contribution in [0.1, 0.15) is 17.0 Å². The van der Waals surface area contributed by atoms with Gasteiger partial charge in [0.2, 0.25) is 0 Å². The Bertz CT molecular complexity index is 856. The van der Waals surface area contributed by atoms with Crippen LogP contribution in [0.25, 0.3) is 11.4 Å². The van der Waals surface area contributed by atoms with Gasteiger partial charge in [-0.15, -0.1) is 0 Å². The fourth-order valence-corrected chi connectivity index (χ4v) is 2.89. The molecule has 0 bridgehead atoms. The summed E-state index contributed by atoms with van der Waals surface area (Å²) in [4.78, 5) is 26.2. The van der Waals surface area contributed by atoms with E-state index >= 15 is 0 Å². The molecule has 3 aromatic heterocycles. The molecule has 6 nitrogen and oxygen atoms in total. The van der Waals surface area contributed by atoms with Crippen LogP contribution in [0.4, 0.5) is 0 Å². The molecule has 0 spiro atoms. The van der Waals surface area contributed by atoms with Crippen LogP contribution in [0.2, 0.25) is 0 Å². The Morgan fingerprint density at radius 2 is 2.13 bits per heavy atom. The molecule has 0 radical (unpaired) electrons. The molecule has 0 saturated carbocycles. The van der Waals surface area contributed by atoms with Gasteiger partial charge in [0.25, 0.3) is 5.56 Å². The molecule has 0 saturated heterocycles. The molecule has 1 aliphatic heterocycles. The van der Waals surface area contributed by atoms with Crippen molar-refractivity contribution in [3.05, 3.63) is 70.3 Å². The number of hydrogen-bond acceptors (Lipinski definition) is 5. The standard InChI is InChI=1S/C17H16N4O2/c22-17-14-11-21(10-13-2-1-9-23-13)8-5-15(14)19-16(20-17)12-3-6-18-7-4-12/h1-4,6-7,9H,5,8,10-11H2,(H,19,20,22). The molecule has 0 fully saturated rings. The largest absolute Gasteiger partial charge is 0.468 e. The van der Waals surface area contributed by atoms with E-state index in [0.717, 1.165) is 35.5 Å². The first-order valence-corrected chi connectivity index (χ1v) is 7.57. The average molecular weight is 308 g/mol. The Morgan fingerprint density at radius 3 is 2.91 bits per heavy atom. The Hall–Kier alpha value is -2.73. The molecule has 0 amide bonds. The Morgan fingerprint density at radius 1 is 1.26 bits per heavy atom. The van der Waals surface area contributed by atoms with E-state index in [4.69, 9.17) is 4.42 Å². The third-order valence-electron chi connectivity index (χ3n) is 4.06. The zero-order valence-corrected chi connectivity index (χ0v) is 12.5. The summed E-state index contributed by atoms with van der Waals surface area (Å²) >= 11 is 0. The van der Waals surface area contributed by atoms with E-state index in [2.05, 4.69) is 19.9 Å². The number of hydrogen-bond donors (Lipinski definition) is 1. The van der Waals surface area contributed by atoms with E-state index in [1.165, 1.54) is 0 Å². The number of aromatic amines is 1. The van der Waals surface area contributed by atoms with E-state index in [-0.39, 0.29) is 5.56 Å². The Kier molecular flexibility index (Phi) is 3.51. The van der Waals surface area contributed by atoms with E-state index < -0.39 is 0 Å². The summed E-state index contributed by atoms with van der Waals surface area (Å²) in [6, 6.07) is 7.51. The van der Waals surface area contributed by atoms with Crippen molar-refractivity contribution >= 4 is 0 Å². The van der Waals surface area contributed by atoms with Gasteiger partial charge in [-0.2, -0.15) is 0 Å². The number of pyridine rings is 1. The molecular weight excluding hydrogens is 292 g/mol. The molecule has 4 rings (SSSR count). The molecule has 23 heavy (non-hydrogen) atoms. The van der Waals surface area contributed by atoms with Gasteiger partial charge in [-0.3, -0.25) is 14.7 Å². The van der Waals surface area contributed by atoms with Gasteiger partial charge in [-0.1, -0.05) is 0 Å². The maximum atomic E-state index is 12.4. The van der Waals surface area contributed by atoms with Crippen LogP contribution in [0.3, 0.4) is 0 Å². The highest BCUT2D eigenvalue weighted by molar-refractivity contribution is 5.54. The van der Waals surface area contributed by atoms with E-state index in [1.807, 2.05) is 24.3 Å². The lowest BCUT2D eigenvalue weighted by molar-refractivity contribution is 0.222. The first kappa shape index (κ1) is 13.9. The second kappa shape index (κ2) is 5.81. The highest BCUT2D eigenvalue weighted by atomic mass is 16.3. The molecule has 116 valence electrons. The SMILES string of the molecule is O=c1[nH]c(-c2ccncc2)nc2c1CN(Cc1ccco1)CC2. The monoisotopic (exact) mass is 308 g/mol. The molecule has 4 heterocycles. The van der Waals surface area contributed by atoms with Crippen molar-refractivity contribution in [1.29, 1.82) is 0 Å². The summed E-state index contributed by atoms with van der Waals surface area (Å²) in [5.41, 5.74) is 2.45. The average Bonchev–Trinajstić information content (AvgIpc) is 3.09. The van der Waals surface area contributed by atoms with Gasteiger partial charge >= 0.3 is 0 Å². The molecule has 0 aromatic carbocycles. The molecule has 1 aliphatic rings. The highest BCUT2D eigenvalue weighted by Gasteiger charge is 2.22. The lowest BCUT2D eigenvalue weighted by Crippen LogP contribution is -2.35. The second-order valence-corrected chi connectivity index (χ2v) is 5.62. The molecule has 0 unspecified atom stereocenters. The topological polar surface area (TPSA) is 75.0 Å². The molecular formula is C17H16N4O2. The number of aromatic nitrogens is 3. The Balaban J connectivity index is 1.62. The fourth-order valence-electron chi connectivity index (χ4n) is 2.89. The van der Waals surface area contributed by atoms with Crippen molar-refractivity contribution in [1.82, 2.24) is 19.9 Å². The smallest absolute Gasteiger partial charge is 0.255 e. The predicted octanol–water partition coefficient (Wildman–Crippen LogP) is 1.98. The molecule has 3 aromatic rings. The second-order valence-electron chi connectivity index (χ2n) is 5.62. The zero-order chi connectivity index (χ0) is 15.6. The van der Waals surface area contributed by atoms with Crippen molar-refractivity contribution in [2.24, 2.45) is 0 Å². The van der Waals surface area contributed by atoms with Gasteiger partial charge in [-0.25, -0.2) is 4.98 Å². The van der Waals surface area contributed by atoms with Gasteiger partial charge < -0.3 is 9.40 Å². The summed E-state index contributed by atoms with van der Waals surface area (Å²) in [5.74, 6) is 1.52. The maximum Gasteiger partial charge on any atom is 0.255 e. The lowest BCUT2D eigenvalue weighted by Gasteiger charge is -2.26. The minimum atomic E-state index is -0.0639. The van der Waals surface area contributed by atoms with Crippen LogP contribution in [0, 0.1) is 0 Å². The van der Waals surface area contributed by atoms with Gasteiger partial charge in [0, 0.05) is 37.5 Å². The van der Waals surface area contributed by atoms with Crippen molar-refractivity contribution in [2.45, 2.75) is 19.5 Å². The quantitative estimate of drug-likeness (QED) is 0.801. The highest BCUT2D eigenvalue weighted by Crippen LogP contribution is 2.19. The van der Waals surface area contributed by atoms with Crippen LogP contribution in [-0.4, -0.2) is 26.4 Å². The van der Waals surface area contributed by atoms with Crippen LogP contribution >= 0.6 is 0 Å². The summed E-state index contributed by atoms with van der Waals surface area (Å²) in [6.07, 6.45) is 5.82. The molecule has 6 heteroatoms. The van der Waals surface area contributed by atoms with Crippen molar-refractivity contribution in [3.8, 4) is 11.4 Å². The number of furan rings is 1. The van der Waals surface area contributed by atoms with Gasteiger partial charge in [0.05, 0.1) is 24.1 Å². The first-order valence-electron chi connectivity index (χ1n) is 7.57. The van der Waals surface area contributed by atoms with Gasteiger partial charge in [0.15, 0.2) is 0 Å². The first-order chi connectivity index (χ1) is 11.3. The number of rotatable bonds is 3. The maximum absolute atomic E-state index is 12.4. The number of nitrogens with one attached hydrogen (secondary N) is 1. The Labute approximate surface area is 132 Å². The molecule has 1 N–H and O–H groups in total. The van der Waals surface area contributed by atoms with Crippen LogP contribution < -0.4 is 5.56 Å². The number of H-pyrrole nitrogens is 1. The van der Waals surface area contributed by atoms with Crippen molar-refractivity contribution < 1.29 is 4.42 Å². The minimum absolute atomic E-state index is 0.0639. The minimum Gasteiger partial charge on any atom is -0.468 e. The van der Waals surface area contributed by atoms with E-state index in [0.29, 0.717) is 18.9 Å². The van der Waals surface area contributed by atoms with E-state index in [9.17, 15) is 4.79 Å². The summed E-state index contributed by atoms with van der Waals surface area (Å²) < 4.78 is 5.38. The normalized spacial score (nSPS) is 14.6.